The molecule has 0 unspecified atom stereocenters. The molecule has 7 nitrogen and oxygen atoms in total. The van der Waals surface area contributed by atoms with Gasteiger partial charge in [0, 0.05) is 25.9 Å². The molecule has 2 fully saturated rings. The fourth-order valence-corrected chi connectivity index (χ4v) is 2.63. The molecule has 0 bridgehead atoms. The standard InChI is InChI=1S/C15H23NO6/c1-5-20-12(18)10-11(17)15(21-10)6-8-16(9-7-15)13(19)22-14(2,3)4/h10H,5-9H2,1-4H3/t10-/m0/s1. The van der Waals surface area contributed by atoms with E-state index in [0.717, 1.165) is 0 Å². The molecule has 2 rings (SSSR count). The predicted octanol–water partition coefficient (Wildman–Crippen LogP) is 1.29. The monoisotopic (exact) mass is 313 g/mol. The number of piperidine rings is 1. The minimum absolute atomic E-state index is 0.214. The number of amides is 1. The van der Waals surface area contributed by atoms with Crippen molar-refractivity contribution in [1.82, 2.24) is 4.90 Å². The number of esters is 1. The molecule has 2 heterocycles. The van der Waals surface area contributed by atoms with Crippen LogP contribution in [0.25, 0.3) is 0 Å². The Morgan fingerprint density at radius 1 is 1.32 bits per heavy atom. The van der Waals surface area contributed by atoms with Crippen LogP contribution in [-0.4, -0.2) is 59.7 Å². The summed E-state index contributed by atoms with van der Waals surface area (Å²) in [5.74, 6) is -0.873. The summed E-state index contributed by atoms with van der Waals surface area (Å²) < 4.78 is 15.6. The highest BCUT2D eigenvalue weighted by atomic mass is 16.6. The predicted molar refractivity (Wildman–Crippen MR) is 76.3 cm³/mol. The van der Waals surface area contributed by atoms with Gasteiger partial charge in [0.15, 0.2) is 0 Å². The number of rotatable bonds is 2. The highest BCUT2D eigenvalue weighted by Gasteiger charge is 2.59. The van der Waals surface area contributed by atoms with E-state index in [-0.39, 0.29) is 12.4 Å². The molecule has 7 heteroatoms. The van der Waals surface area contributed by atoms with Crippen molar-refractivity contribution in [2.75, 3.05) is 19.7 Å². The number of carbonyl (C=O) groups is 3. The van der Waals surface area contributed by atoms with Crippen LogP contribution in [0.2, 0.25) is 0 Å². The molecule has 0 N–H and O–H groups in total. The van der Waals surface area contributed by atoms with Gasteiger partial charge in [-0.25, -0.2) is 9.59 Å². The number of Topliss-reactive ketones (excluding diaryl/α,β-unsaturated/α-hetero) is 1. The van der Waals surface area contributed by atoms with Gasteiger partial charge in [0.05, 0.1) is 6.61 Å². The Labute approximate surface area is 129 Å². The number of carbonyl (C=O) groups excluding carboxylic acids is 3. The Morgan fingerprint density at radius 2 is 1.91 bits per heavy atom. The number of hydrogen-bond acceptors (Lipinski definition) is 6. The van der Waals surface area contributed by atoms with E-state index in [9.17, 15) is 14.4 Å². The fraction of sp³-hybridized carbons (Fsp3) is 0.800. The van der Waals surface area contributed by atoms with Crippen LogP contribution < -0.4 is 0 Å². The zero-order chi connectivity index (χ0) is 16.5. The summed E-state index contributed by atoms with van der Waals surface area (Å²) in [5.41, 5.74) is -1.49. The lowest BCUT2D eigenvalue weighted by Crippen LogP contribution is -2.67. The lowest BCUT2D eigenvalue weighted by atomic mass is 9.79. The highest BCUT2D eigenvalue weighted by Crippen LogP contribution is 2.39. The number of ketones is 1. The van der Waals surface area contributed by atoms with Gasteiger partial charge in [-0.05, 0) is 27.7 Å². The normalized spacial score (nSPS) is 23.9. The van der Waals surface area contributed by atoms with Crippen LogP contribution in [0.1, 0.15) is 40.5 Å². The first-order chi connectivity index (χ1) is 10.2. The van der Waals surface area contributed by atoms with Gasteiger partial charge in [-0.2, -0.15) is 0 Å². The van der Waals surface area contributed by atoms with Crippen molar-refractivity contribution in [1.29, 1.82) is 0 Å². The third-order valence-electron chi connectivity index (χ3n) is 3.75. The quantitative estimate of drug-likeness (QED) is 0.564. The van der Waals surface area contributed by atoms with E-state index in [1.165, 1.54) is 0 Å². The van der Waals surface area contributed by atoms with Crippen molar-refractivity contribution < 1.29 is 28.6 Å². The summed E-state index contributed by atoms with van der Waals surface area (Å²) >= 11 is 0. The Balaban J connectivity index is 1.87. The molecule has 2 saturated heterocycles. The molecule has 0 aromatic rings. The molecule has 1 atom stereocenters. The third kappa shape index (κ3) is 3.24. The first-order valence-corrected chi connectivity index (χ1v) is 7.55. The Bertz CT molecular complexity index is 473. The van der Waals surface area contributed by atoms with Crippen molar-refractivity contribution in [3.8, 4) is 0 Å². The second-order valence-corrected chi connectivity index (χ2v) is 6.58. The second-order valence-electron chi connectivity index (χ2n) is 6.58. The maximum Gasteiger partial charge on any atom is 0.410 e. The van der Waals surface area contributed by atoms with Crippen LogP contribution in [0, 0.1) is 0 Å². The third-order valence-corrected chi connectivity index (χ3v) is 3.75. The van der Waals surface area contributed by atoms with Gasteiger partial charge in [0.25, 0.3) is 0 Å². The van der Waals surface area contributed by atoms with E-state index >= 15 is 0 Å². The molecule has 2 aliphatic heterocycles. The van der Waals surface area contributed by atoms with Crippen LogP contribution in [-0.2, 0) is 23.8 Å². The summed E-state index contributed by atoms with van der Waals surface area (Å²) in [5, 5.41) is 0. The van der Waals surface area contributed by atoms with Crippen molar-refractivity contribution in [2.24, 2.45) is 0 Å². The summed E-state index contributed by atoms with van der Waals surface area (Å²) in [6, 6.07) is 0. The van der Waals surface area contributed by atoms with Gasteiger partial charge in [0.1, 0.15) is 11.2 Å². The first kappa shape index (κ1) is 16.7. The van der Waals surface area contributed by atoms with Crippen LogP contribution in [0.5, 0.6) is 0 Å². The summed E-state index contributed by atoms with van der Waals surface area (Å²) in [7, 11) is 0. The topological polar surface area (TPSA) is 82.1 Å². The molecular formula is C15H23NO6. The van der Waals surface area contributed by atoms with Crippen molar-refractivity contribution in [2.45, 2.75) is 57.8 Å². The molecule has 1 amide bonds. The van der Waals surface area contributed by atoms with Crippen LogP contribution >= 0.6 is 0 Å². The molecule has 0 aliphatic carbocycles. The average molecular weight is 313 g/mol. The lowest BCUT2D eigenvalue weighted by molar-refractivity contribution is -0.220. The molecule has 0 radical (unpaired) electrons. The van der Waals surface area contributed by atoms with Gasteiger partial charge >= 0.3 is 12.1 Å². The van der Waals surface area contributed by atoms with E-state index in [0.29, 0.717) is 25.9 Å². The van der Waals surface area contributed by atoms with Gasteiger partial charge < -0.3 is 19.1 Å². The Kier molecular flexibility index (Phi) is 4.47. The number of nitrogens with zero attached hydrogens (tertiary/aromatic N) is 1. The van der Waals surface area contributed by atoms with E-state index in [1.807, 2.05) is 0 Å². The van der Waals surface area contributed by atoms with Crippen LogP contribution in [0.3, 0.4) is 0 Å². The minimum atomic E-state index is -1.10. The van der Waals surface area contributed by atoms with Crippen LogP contribution in [0.4, 0.5) is 4.79 Å². The van der Waals surface area contributed by atoms with Crippen molar-refractivity contribution in [3.05, 3.63) is 0 Å². The number of likely N-dealkylation sites (tertiary alicyclic amines) is 1. The molecule has 0 aromatic heterocycles. The molecule has 1 spiro atoms. The van der Waals surface area contributed by atoms with E-state index in [2.05, 4.69) is 0 Å². The van der Waals surface area contributed by atoms with Gasteiger partial charge in [-0.3, -0.25) is 4.79 Å². The maximum atomic E-state index is 12.2. The number of ether oxygens (including phenoxy) is 3. The second kappa shape index (κ2) is 5.87. The molecule has 0 aromatic carbocycles. The summed E-state index contributed by atoms with van der Waals surface area (Å²) in [6.45, 7) is 8.05. The number of hydrogen-bond donors (Lipinski definition) is 0. The Hall–Kier alpha value is -1.63. The zero-order valence-electron chi connectivity index (χ0n) is 13.5. The van der Waals surface area contributed by atoms with E-state index in [1.54, 1.807) is 32.6 Å². The SMILES string of the molecule is CCOC(=O)[C@H]1OC2(CCN(C(=O)OC(C)(C)C)CC2)C1=O. The van der Waals surface area contributed by atoms with Gasteiger partial charge in [0.2, 0.25) is 11.9 Å². The van der Waals surface area contributed by atoms with E-state index < -0.39 is 29.4 Å². The maximum absolute atomic E-state index is 12.2. The molecule has 124 valence electrons. The van der Waals surface area contributed by atoms with Gasteiger partial charge in [-0.15, -0.1) is 0 Å². The lowest BCUT2D eigenvalue weighted by Gasteiger charge is -2.48. The molecular weight excluding hydrogens is 290 g/mol. The largest absolute Gasteiger partial charge is 0.464 e. The average Bonchev–Trinajstić information content (AvgIpc) is 2.43. The van der Waals surface area contributed by atoms with Crippen molar-refractivity contribution >= 4 is 17.8 Å². The summed E-state index contributed by atoms with van der Waals surface area (Å²) in [6.07, 6.45) is -0.744. The minimum Gasteiger partial charge on any atom is -0.464 e. The fourth-order valence-electron chi connectivity index (χ4n) is 2.63. The molecule has 0 saturated carbocycles. The van der Waals surface area contributed by atoms with Crippen LogP contribution in [0.15, 0.2) is 0 Å². The van der Waals surface area contributed by atoms with E-state index in [4.69, 9.17) is 14.2 Å². The first-order valence-electron chi connectivity index (χ1n) is 7.55. The zero-order valence-corrected chi connectivity index (χ0v) is 13.5. The highest BCUT2D eigenvalue weighted by molar-refractivity contribution is 6.10. The molecule has 22 heavy (non-hydrogen) atoms. The van der Waals surface area contributed by atoms with Crippen molar-refractivity contribution in [3.63, 3.8) is 0 Å². The Morgan fingerprint density at radius 3 is 2.36 bits per heavy atom. The summed E-state index contributed by atoms with van der Waals surface area (Å²) in [4.78, 5) is 37.3. The molecule has 2 aliphatic rings. The smallest absolute Gasteiger partial charge is 0.410 e. The van der Waals surface area contributed by atoms with Gasteiger partial charge in [-0.1, -0.05) is 0 Å².